The number of carbonyl (C=O) groups excluding carboxylic acids is 3. The van der Waals surface area contributed by atoms with E-state index in [0.717, 1.165) is 5.56 Å². The number of aliphatic carboxylic acids is 2. The molecule has 9 N–H and O–H groups in total. The molecule has 0 radical (unpaired) electrons. The summed E-state index contributed by atoms with van der Waals surface area (Å²) in [7, 11) is 0. The zero-order valence-electron chi connectivity index (χ0n) is 37.6. The number of anilines is 1. The molecule has 0 spiro atoms. The summed E-state index contributed by atoms with van der Waals surface area (Å²) in [6, 6.07) is 23.1. The lowest BCUT2D eigenvalue weighted by Gasteiger charge is -2.34. The van der Waals surface area contributed by atoms with Crippen molar-refractivity contribution >= 4 is 47.2 Å². The Balaban J connectivity index is 1.14. The number of unbranched alkanes of at least 4 members (excludes halogenated alkanes) is 1. The number of hydrogen-bond donors (Lipinski definition) is 8. The second-order valence-electron chi connectivity index (χ2n) is 16.3. The molecule has 22 heteroatoms. The van der Waals surface area contributed by atoms with Gasteiger partial charge in [-0.1, -0.05) is 91.0 Å². The number of nitrogens with zero attached hydrogens (tertiary/aromatic N) is 5. The first-order valence-electron chi connectivity index (χ1n) is 22.4. The van der Waals surface area contributed by atoms with Gasteiger partial charge >= 0.3 is 30.2 Å². The molecule has 7 atom stereocenters. The highest BCUT2D eigenvalue weighted by molar-refractivity contribution is 5.81. The summed E-state index contributed by atoms with van der Waals surface area (Å²) >= 11 is 0. The van der Waals surface area contributed by atoms with Crippen LogP contribution in [-0.2, 0) is 48.4 Å². The Kier molecular flexibility index (Phi) is 19.0. The molecule has 3 aromatic carbocycles. The zero-order valence-corrected chi connectivity index (χ0v) is 37.6. The fraction of sp³-hybridized carbons (Fsp3) is 0.404. The van der Waals surface area contributed by atoms with Crippen molar-refractivity contribution in [2.24, 2.45) is 0 Å². The van der Waals surface area contributed by atoms with Gasteiger partial charge < -0.3 is 66.0 Å². The molecule has 3 amide bonds. The normalized spacial score (nSPS) is 17.8. The number of benzene rings is 3. The van der Waals surface area contributed by atoms with Crippen LogP contribution < -0.4 is 21.7 Å². The Morgan fingerprint density at radius 1 is 0.696 bits per heavy atom. The highest BCUT2D eigenvalue weighted by Gasteiger charge is 2.46. The van der Waals surface area contributed by atoms with Crippen LogP contribution in [0.3, 0.4) is 0 Å². The van der Waals surface area contributed by atoms with Gasteiger partial charge in [0.25, 0.3) is 0 Å². The smallest absolute Gasteiger partial charge is 0.410 e. The number of carbonyl (C=O) groups is 5. The number of carboxylic acid groups (broad SMARTS) is 2. The lowest BCUT2D eigenvalue weighted by Crippen LogP contribution is -2.48. The maximum Gasteiger partial charge on any atom is 0.410 e. The minimum atomic E-state index is -1.51. The summed E-state index contributed by atoms with van der Waals surface area (Å²) in [4.78, 5) is 77.7. The van der Waals surface area contributed by atoms with Crippen molar-refractivity contribution in [3.8, 4) is 0 Å². The van der Waals surface area contributed by atoms with Crippen LogP contribution in [0.4, 0.5) is 20.2 Å². The molecule has 368 valence electrons. The molecular weight excluding hydrogens is 899 g/mol. The number of nitrogens with one attached hydrogen (secondary N) is 3. The summed E-state index contributed by atoms with van der Waals surface area (Å²) in [5.41, 5.74) is 8.60. The topological polar surface area (TPSA) is 312 Å². The lowest BCUT2D eigenvalue weighted by atomic mass is 9.96. The molecule has 2 aromatic heterocycles. The van der Waals surface area contributed by atoms with Crippen LogP contribution in [0, 0.1) is 0 Å². The van der Waals surface area contributed by atoms with Crippen molar-refractivity contribution in [2.45, 2.75) is 101 Å². The number of aliphatic hydroxyl groups excluding tert-OH is 2. The summed E-state index contributed by atoms with van der Waals surface area (Å²) in [6.45, 7) is 0.311. The number of alkyl carbamates (subject to hydrolysis) is 2. The monoisotopic (exact) mass is 955 g/mol. The predicted molar refractivity (Wildman–Crippen MR) is 246 cm³/mol. The van der Waals surface area contributed by atoms with E-state index < -0.39 is 72.9 Å². The molecule has 1 unspecified atom stereocenters. The lowest BCUT2D eigenvalue weighted by molar-refractivity contribution is -0.140. The summed E-state index contributed by atoms with van der Waals surface area (Å²) < 4.78 is 23.9. The standard InChI is InChI=1S/C47H57N9O13/c48-40-37-41(51-28-50-40)56(29-52-37)42-39(58)38(57)36(69-42)24-33(19-20-35(44(61)62)54-46(64)67-26-31-14-6-2-7-15-31)55(47(65)68-27-32-16-8-3-9-17-32)23-22-49-21-11-10-18-34(43(59)60)53-45(63)66-25-30-12-4-1-5-13-30/h1-9,12-17,28-29,33-36,38-39,42,49,57-58H,10-11,18-27H2,(H,53,63)(H,54,64)(H,59,60)(H,61,62)(H2,48,50,51)/t33-,34-,35-,36+,38?,39-,42+/m0/s1. The number of aromatic nitrogens is 4. The third kappa shape index (κ3) is 15.0. The van der Waals surface area contributed by atoms with Crippen molar-refractivity contribution in [3.63, 3.8) is 0 Å². The molecule has 1 aliphatic heterocycles. The van der Waals surface area contributed by atoms with E-state index in [1.807, 2.05) is 12.1 Å². The minimum absolute atomic E-state index is 0.00765. The van der Waals surface area contributed by atoms with Gasteiger partial charge in [0, 0.05) is 19.1 Å². The van der Waals surface area contributed by atoms with Crippen LogP contribution >= 0.6 is 0 Å². The number of imidazole rings is 1. The summed E-state index contributed by atoms with van der Waals surface area (Å²) in [5, 5.41) is 50.8. The fourth-order valence-corrected chi connectivity index (χ4v) is 7.72. The minimum Gasteiger partial charge on any atom is -0.480 e. The molecule has 5 aromatic rings. The van der Waals surface area contributed by atoms with Crippen LogP contribution in [0.5, 0.6) is 0 Å². The van der Waals surface area contributed by atoms with Gasteiger partial charge in [0.2, 0.25) is 0 Å². The second-order valence-corrected chi connectivity index (χ2v) is 16.3. The molecule has 1 fully saturated rings. The van der Waals surface area contributed by atoms with E-state index in [-0.39, 0.29) is 75.6 Å². The van der Waals surface area contributed by atoms with Crippen molar-refractivity contribution in [3.05, 3.63) is 120 Å². The number of nitrogens with two attached hydrogens (primary N) is 1. The Hall–Kier alpha value is -7.40. The largest absolute Gasteiger partial charge is 0.480 e. The molecule has 1 aliphatic rings. The number of rotatable bonds is 25. The molecule has 0 bridgehead atoms. The molecule has 1 saturated heterocycles. The highest BCUT2D eigenvalue weighted by atomic mass is 16.6. The second kappa shape index (κ2) is 25.7. The number of hydrogen-bond acceptors (Lipinski definition) is 16. The van der Waals surface area contributed by atoms with Gasteiger partial charge in [-0.05, 0) is 61.8 Å². The third-order valence-corrected chi connectivity index (χ3v) is 11.4. The summed E-state index contributed by atoms with van der Waals surface area (Å²) in [5.74, 6) is -2.49. The van der Waals surface area contributed by atoms with Crippen molar-refractivity contribution in [1.82, 2.24) is 40.4 Å². The first-order valence-corrected chi connectivity index (χ1v) is 22.4. The van der Waals surface area contributed by atoms with E-state index in [0.29, 0.717) is 30.5 Å². The van der Waals surface area contributed by atoms with Crippen LogP contribution in [0.25, 0.3) is 11.2 Å². The van der Waals surface area contributed by atoms with E-state index in [1.54, 1.807) is 78.9 Å². The van der Waals surface area contributed by atoms with E-state index >= 15 is 0 Å². The van der Waals surface area contributed by atoms with Crippen molar-refractivity contribution in [1.29, 1.82) is 0 Å². The number of amides is 3. The van der Waals surface area contributed by atoms with Crippen LogP contribution in [0.15, 0.2) is 104 Å². The van der Waals surface area contributed by atoms with Gasteiger partial charge in [0.15, 0.2) is 17.7 Å². The Bertz CT molecular complexity index is 2430. The maximum atomic E-state index is 14.2. The molecule has 22 nitrogen and oxygen atoms in total. The molecular formula is C47H57N9O13. The number of nitrogen functional groups attached to an aromatic ring is 1. The van der Waals surface area contributed by atoms with Gasteiger partial charge in [-0.2, -0.15) is 0 Å². The molecule has 3 heterocycles. The van der Waals surface area contributed by atoms with Crippen molar-refractivity contribution in [2.75, 3.05) is 25.4 Å². The van der Waals surface area contributed by atoms with Crippen LogP contribution in [0.2, 0.25) is 0 Å². The quantitative estimate of drug-likeness (QED) is 0.0305. The fourth-order valence-electron chi connectivity index (χ4n) is 7.72. The average molecular weight is 956 g/mol. The van der Waals surface area contributed by atoms with Crippen LogP contribution in [-0.4, -0.2) is 131 Å². The third-order valence-electron chi connectivity index (χ3n) is 11.4. The molecule has 0 aliphatic carbocycles. The van der Waals surface area contributed by atoms with E-state index in [1.165, 1.54) is 22.1 Å². The van der Waals surface area contributed by atoms with Gasteiger partial charge in [0.05, 0.1) is 12.4 Å². The number of ether oxygens (including phenoxy) is 4. The van der Waals surface area contributed by atoms with Crippen LogP contribution in [0.1, 0.15) is 61.4 Å². The maximum absolute atomic E-state index is 14.2. The summed E-state index contributed by atoms with van der Waals surface area (Å²) in [6.07, 6.45) is -4.83. The predicted octanol–water partition coefficient (Wildman–Crippen LogP) is 3.72. The van der Waals surface area contributed by atoms with Gasteiger partial charge in [-0.15, -0.1) is 0 Å². The first-order chi connectivity index (χ1) is 33.4. The highest BCUT2D eigenvalue weighted by Crippen LogP contribution is 2.35. The number of fused-ring (bicyclic) bond motifs is 1. The van der Waals surface area contributed by atoms with Crippen molar-refractivity contribution < 1.29 is 63.3 Å². The SMILES string of the molecule is Nc1ncnc2c1ncn2[C@@H]1O[C@H](C[C@H](CC[C@H](NC(=O)OCc2ccccc2)C(=O)O)N(CCNCCCC[C@H](NC(=O)OCc2ccccc2)C(=O)O)C(=O)OCc2ccccc2)C(O)[C@@H]1O. The Labute approximate surface area is 396 Å². The number of carboxylic acids is 2. The first kappa shape index (κ1) is 51.0. The van der Waals surface area contributed by atoms with E-state index in [9.17, 15) is 44.4 Å². The molecule has 69 heavy (non-hydrogen) atoms. The Morgan fingerprint density at radius 3 is 1.81 bits per heavy atom. The molecule has 6 rings (SSSR count). The van der Waals surface area contributed by atoms with Gasteiger partial charge in [-0.3, -0.25) is 4.57 Å². The average Bonchev–Trinajstić information content (AvgIpc) is 3.91. The van der Waals surface area contributed by atoms with E-state index in [4.69, 9.17) is 24.7 Å². The van der Waals surface area contributed by atoms with Gasteiger partial charge in [0.1, 0.15) is 56.0 Å². The number of aliphatic hydroxyl groups is 2. The van der Waals surface area contributed by atoms with Gasteiger partial charge in [-0.25, -0.2) is 38.9 Å². The molecule has 0 saturated carbocycles. The Morgan fingerprint density at radius 2 is 1.25 bits per heavy atom. The van der Waals surface area contributed by atoms with E-state index in [2.05, 4.69) is 30.9 Å². The zero-order chi connectivity index (χ0) is 49.1.